The van der Waals surface area contributed by atoms with Crippen molar-refractivity contribution in [3.8, 4) is 0 Å². The topological polar surface area (TPSA) is 105 Å². The van der Waals surface area contributed by atoms with E-state index in [9.17, 15) is 21.2 Å². The molecule has 0 saturated carbocycles. The predicted molar refractivity (Wildman–Crippen MR) is 109 cm³/mol. The number of aromatic nitrogens is 1. The Hall–Kier alpha value is -2.69. The normalized spacial score (nSPS) is 11.8. The standard InChI is InChI=1S/C18H15ClFN3O4S2/c19-16-4-3-5-17(20)15(16)12-28(24,25)22-13-7-9-14(10-8-13)29(26,27)23-18-6-1-2-11-21-18/h1-11,22H,12H2,(H,21,23). The molecular weight excluding hydrogens is 441 g/mol. The van der Waals surface area contributed by atoms with Gasteiger partial charge in [-0.05, 0) is 48.5 Å². The third-order valence-electron chi connectivity index (χ3n) is 3.74. The van der Waals surface area contributed by atoms with Crippen LogP contribution < -0.4 is 9.44 Å². The lowest BCUT2D eigenvalue weighted by atomic mass is 10.2. The first-order valence-corrected chi connectivity index (χ1v) is 11.6. The van der Waals surface area contributed by atoms with Crippen molar-refractivity contribution in [3.63, 3.8) is 0 Å². The van der Waals surface area contributed by atoms with E-state index in [0.717, 1.165) is 6.07 Å². The highest BCUT2D eigenvalue weighted by Crippen LogP contribution is 2.23. The van der Waals surface area contributed by atoms with Gasteiger partial charge >= 0.3 is 0 Å². The third kappa shape index (κ3) is 5.43. The Kier molecular flexibility index (Phi) is 6.06. The predicted octanol–water partition coefficient (Wildman–Crippen LogP) is 3.62. The summed E-state index contributed by atoms with van der Waals surface area (Å²) in [6.07, 6.45) is 1.44. The molecule has 7 nitrogen and oxygen atoms in total. The van der Waals surface area contributed by atoms with Crippen molar-refractivity contribution < 1.29 is 21.2 Å². The van der Waals surface area contributed by atoms with Gasteiger partial charge < -0.3 is 0 Å². The van der Waals surface area contributed by atoms with E-state index in [4.69, 9.17) is 11.6 Å². The number of benzene rings is 2. The highest BCUT2D eigenvalue weighted by Gasteiger charge is 2.19. The van der Waals surface area contributed by atoms with Crippen LogP contribution in [0.25, 0.3) is 0 Å². The zero-order valence-electron chi connectivity index (χ0n) is 14.7. The van der Waals surface area contributed by atoms with Gasteiger partial charge in [-0.25, -0.2) is 26.2 Å². The second kappa shape index (κ2) is 8.36. The number of pyridine rings is 1. The van der Waals surface area contributed by atoms with Crippen molar-refractivity contribution in [2.24, 2.45) is 0 Å². The lowest BCUT2D eigenvalue weighted by Crippen LogP contribution is -2.17. The molecule has 1 aromatic heterocycles. The Balaban J connectivity index is 1.74. The van der Waals surface area contributed by atoms with Crippen LogP contribution in [0.2, 0.25) is 5.02 Å². The zero-order valence-corrected chi connectivity index (χ0v) is 17.1. The highest BCUT2D eigenvalue weighted by atomic mass is 35.5. The number of sulfonamides is 2. The van der Waals surface area contributed by atoms with E-state index in [2.05, 4.69) is 14.4 Å². The molecule has 11 heteroatoms. The van der Waals surface area contributed by atoms with Gasteiger partial charge in [-0.3, -0.25) is 9.44 Å². The van der Waals surface area contributed by atoms with Crippen molar-refractivity contribution in [2.45, 2.75) is 10.6 Å². The smallest absolute Gasteiger partial charge is 0.263 e. The summed E-state index contributed by atoms with van der Waals surface area (Å²) in [4.78, 5) is 3.81. The van der Waals surface area contributed by atoms with E-state index in [0.29, 0.717) is 0 Å². The van der Waals surface area contributed by atoms with Gasteiger partial charge in [-0.1, -0.05) is 23.7 Å². The summed E-state index contributed by atoms with van der Waals surface area (Å²) in [6, 6.07) is 13.7. The van der Waals surface area contributed by atoms with Gasteiger partial charge in [0.1, 0.15) is 11.6 Å². The number of anilines is 2. The molecule has 1 heterocycles. The van der Waals surface area contributed by atoms with Gasteiger partial charge in [0.05, 0.1) is 10.6 Å². The van der Waals surface area contributed by atoms with E-state index in [1.807, 2.05) is 0 Å². The van der Waals surface area contributed by atoms with Gasteiger partial charge in [-0.2, -0.15) is 0 Å². The fraction of sp³-hybridized carbons (Fsp3) is 0.0556. The fourth-order valence-electron chi connectivity index (χ4n) is 2.40. The second-order valence-corrected chi connectivity index (χ2v) is 9.72. The molecule has 29 heavy (non-hydrogen) atoms. The Bertz CT molecular complexity index is 1200. The minimum Gasteiger partial charge on any atom is -0.283 e. The van der Waals surface area contributed by atoms with Crippen molar-refractivity contribution in [1.82, 2.24) is 4.98 Å². The fourth-order valence-corrected chi connectivity index (χ4v) is 4.96. The molecule has 0 amide bonds. The van der Waals surface area contributed by atoms with Crippen LogP contribution in [0.5, 0.6) is 0 Å². The minimum atomic E-state index is -3.98. The molecule has 3 rings (SSSR count). The average molecular weight is 456 g/mol. The molecule has 0 aliphatic heterocycles. The van der Waals surface area contributed by atoms with Crippen LogP contribution in [0.15, 0.2) is 71.8 Å². The molecule has 0 saturated heterocycles. The molecule has 3 aromatic rings. The summed E-state index contributed by atoms with van der Waals surface area (Å²) in [5, 5.41) is -0.00240. The molecule has 0 atom stereocenters. The van der Waals surface area contributed by atoms with Gasteiger partial charge in [0.25, 0.3) is 10.0 Å². The Labute approximate surface area is 172 Å². The van der Waals surface area contributed by atoms with Crippen LogP contribution in [0.4, 0.5) is 15.9 Å². The third-order valence-corrected chi connectivity index (χ3v) is 6.68. The lowest BCUT2D eigenvalue weighted by Gasteiger charge is -2.11. The van der Waals surface area contributed by atoms with Gasteiger partial charge in [-0.15, -0.1) is 0 Å². The Morgan fingerprint density at radius 2 is 1.62 bits per heavy atom. The number of nitrogens with zero attached hydrogens (tertiary/aromatic N) is 1. The summed E-state index contributed by atoms with van der Waals surface area (Å²) in [5.74, 6) is -1.25. The summed E-state index contributed by atoms with van der Waals surface area (Å²) in [6.45, 7) is 0. The molecule has 0 aliphatic rings. The van der Waals surface area contributed by atoms with E-state index >= 15 is 0 Å². The quantitative estimate of drug-likeness (QED) is 0.566. The van der Waals surface area contributed by atoms with Crippen molar-refractivity contribution in [1.29, 1.82) is 0 Å². The van der Waals surface area contributed by atoms with Crippen LogP contribution in [0, 0.1) is 5.82 Å². The highest BCUT2D eigenvalue weighted by molar-refractivity contribution is 7.92. The van der Waals surface area contributed by atoms with Crippen molar-refractivity contribution in [2.75, 3.05) is 9.44 Å². The van der Waals surface area contributed by atoms with Crippen molar-refractivity contribution in [3.05, 3.63) is 83.3 Å². The number of hydrogen-bond acceptors (Lipinski definition) is 5. The number of nitrogens with one attached hydrogen (secondary N) is 2. The number of rotatable bonds is 7. The average Bonchev–Trinajstić information content (AvgIpc) is 2.65. The van der Waals surface area contributed by atoms with Crippen LogP contribution in [-0.2, 0) is 25.8 Å². The molecule has 0 unspecified atom stereocenters. The monoisotopic (exact) mass is 455 g/mol. The van der Waals surface area contributed by atoms with E-state index in [1.54, 1.807) is 12.1 Å². The van der Waals surface area contributed by atoms with Crippen LogP contribution in [0.1, 0.15) is 5.56 Å². The summed E-state index contributed by atoms with van der Waals surface area (Å²) in [5.41, 5.74) is -0.0327. The first-order chi connectivity index (χ1) is 13.7. The van der Waals surface area contributed by atoms with Gasteiger partial charge in [0.15, 0.2) is 0 Å². The second-order valence-electron chi connectivity index (χ2n) is 5.91. The largest absolute Gasteiger partial charge is 0.283 e. The van der Waals surface area contributed by atoms with Crippen LogP contribution >= 0.6 is 11.6 Å². The molecule has 0 fully saturated rings. The summed E-state index contributed by atoms with van der Waals surface area (Å²) < 4.78 is 67.8. The molecule has 0 radical (unpaired) electrons. The maximum absolute atomic E-state index is 13.8. The van der Waals surface area contributed by atoms with E-state index < -0.39 is 31.6 Å². The number of hydrogen-bond donors (Lipinski definition) is 2. The van der Waals surface area contributed by atoms with Gasteiger partial charge in [0, 0.05) is 22.5 Å². The summed E-state index contributed by atoms with van der Waals surface area (Å²) in [7, 11) is -7.87. The SMILES string of the molecule is O=S(=O)(Cc1c(F)cccc1Cl)Nc1ccc(S(=O)(=O)Nc2ccccn2)cc1. The molecule has 0 aliphatic carbocycles. The van der Waals surface area contributed by atoms with Crippen molar-refractivity contribution >= 4 is 43.2 Å². The minimum absolute atomic E-state index is 0.00240. The Morgan fingerprint density at radius 1 is 0.897 bits per heavy atom. The van der Waals surface area contributed by atoms with E-state index in [1.165, 1.54) is 48.7 Å². The molecular formula is C18H15ClFN3O4S2. The maximum atomic E-state index is 13.8. The molecule has 2 N–H and O–H groups in total. The zero-order chi connectivity index (χ0) is 21.1. The van der Waals surface area contributed by atoms with Crippen LogP contribution in [0.3, 0.4) is 0 Å². The van der Waals surface area contributed by atoms with Gasteiger partial charge in [0.2, 0.25) is 10.0 Å². The van der Waals surface area contributed by atoms with Crippen LogP contribution in [-0.4, -0.2) is 21.8 Å². The number of halogens is 2. The van der Waals surface area contributed by atoms with E-state index in [-0.39, 0.29) is 27.0 Å². The first-order valence-electron chi connectivity index (χ1n) is 8.14. The molecule has 0 spiro atoms. The lowest BCUT2D eigenvalue weighted by molar-refractivity contribution is 0.591. The molecule has 152 valence electrons. The molecule has 0 bridgehead atoms. The first kappa shape index (κ1) is 21.0. The molecule has 2 aromatic carbocycles. The summed E-state index contributed by atoms with van der Waals surface area (Å²) >= 11 is 5.87. The Morgan fingerprint density at radius 3 is 2.24 bits per heavy atom. The maximum Gasteiger partial charge on any atom is 0.263 e.